The first-order valence-corrected chi connectivity index (χ1v) is 16.1. The van der Waals surface area contributed by atoms with Gasteiger partial charge in [-0.05, 0) is 90.5 Å². The van der Waals surface area contributed by atoms with Crippen LogP contribution in [0, 0.1) is 5.92 Å². The van der Waals surface area contributed by atoms with E-state index in [1.54, 1.807) is 66.2 Å². The molecule has 0 aromatic heterocycles. The lowest BCUT2D eigenvalue weighted by Crippen LogP contribution is -2.48. The number of fused-ring (bicyclic) bond motifs is 1. The molecule has 0 aliphatic carbocycles. The Bertz CT molecular complexity index is 1240. The lowest BCUT2D eigenvalue weighted by atomic mass is 10.0. The summed E-state index contributed by atoms with van der Waals surface area (Å²) in [5, 5.41) is 13.1. The standard InChI is InChI=1S/C35H52N4O6/c1-25-22-39(26(2)24-40)35(43)30-21-29(36-34(42)28-14-8-7-9-15-28)17-18-31(30)45-27(3)13-10-11-20-44-32(25)23-38(6)33(41)16-12-19-37(4)5/h7-9,14-15,17-18,21,25-27,32,40H,10-13,16,19-20,22-24H2,1-6H3,(H,36,42)/t25-,26+,27-,32+/m0/s1. The Labute approximate surface area is 268 Å². The van der Waals surface area contributed by atoms with Crippen LogP contribution in [-0.2, 0) is 9.53 Å². The molecule has 3 amide bonds. The molecule has 10 nitrogen and oxygen atoms in total. The predicted octanol–water partition coefficient (Wildman–Crippen LogP) is 4.53. The smallest absolute Gasteiger partial charge is 0.258 e. The van der Waals surface area contributed by atoms with E-state index in [-0.39, 0.29) is 42.5 Å². The van der Waals surface area contributed by atoms with Crippen LogP contribution in [0.3, 0.4) is 0 Å². The molecule has 0 spiro atoms. The highest BCUT2D eigenvalue weighted by molar-refractivity contribution is 6.05. The summed E-state index contributed by atoms with van der Waals surface area (Å²) in [5.74, 6) is -0.250. The van der Waals surface area contributed by atoms with Crippen LogP contribution in [0.1, 0.15) is 73.6 Å². The predicted molar refractivity (Wildman–Crippen MR) is 177 cm³/mol. The quantitative estimate of drug-likeness (QED) is 0.400. The molecule has 0 bridgehead atoms. The number of carbonyl (C=O) groups excluding carboxylic acids is 3. The van der Waals surface area contributed by atoms with E-state index in [2.05, 4.69) is 10.2 Å². The summed E-state index contributed by atoms with van der Waals surface area (Å²) in [4.78, 5) is 45.5. The maximum absolute atomic E-state index is 14.3. The molecule has 45 heavy (non-hydrogen) atoms. The Morgan fingerprint density at radius 1 is 1.09 bits per heavy atom. The molecule has 0 saturated carbocycles. The molecule has 2 aromatic rings. The third kappa shape index (κ3) is 11.1. The Morgan fingerprint density at radius 3 is 2.51 bits per heavy atom. The van der Waals surface area contributed by atoms with E-state index in [9.17, 15) is 19.5 Å². The molecular weight excluding hydrogens is 572 g/mol. The first-order chi connectivity index (χ1) is 21.5. The van der Waals surface area contributed by atoms with Crippen molar-refractivity contribution in [3.63, 3.8) is 0 Å². The highest BCUT2D eigenvalue weighted by Crippen LogP contribution is 2.29. The number of carbonyl (C=O) groups is 3. The van der Waals surface area contributed by atoms with Crippen molar-refractivity contribution in [2.75, 3.05) is 59.3 Å². The minimum atomic E-state index is -0.494. The van der Waals surface area contributed by atoms with Crippen LogP contribution >= 0.6 is 0 Å². The monoisotopic (exact) mass is 624 g/mol. The van der Waals surface area contributed by atoms with Crippen molar-refractivity contribution in [2.24, 2.45) is 5.92 Å². The summed E-state index contributed by atoms with van der Waals surface area (Å²) in [6, 6.07) is 13.5. The maximum atomic E-state index is 14.3. The van der Waals surface area contributed by atoms with E-state index in [0.29, 0.717) is 48.7 Å². The van der Waals surface area contributed by atoms with E-state index in [0.717, 1.165) is 32.2 Å². The van der Waals surface area contributed by atoms with Gasteiger partial charge in [-0.2, -0.15) is 0 Å². The third-order valence-electron chi connectivity index (χ3n) is 8.22. The summed E-state index contributed by atoms with van der Waals surface area (Å²) in [7, 11) is 5.79. The van der Waals surface area contributed by atoms with Gasteiger partial charge in [0.05, 0.1) is 30.4 Å². The maximum Gasteiger partial charge on any atom is 0.258 e. The van der Waals surface area contributed by atoms with Crippen LogP contribution in [-0.4, -0.2) is 110 Å². The molecule has 0 fully saturated rings. The van der Waals surface area contributed by atoms with E-state index >= 15 is 0 Å². The van der Waals surface area contributed by atoms with E-state index < -0.39 is 6.04 Å². The number of ether oxygens (including phenoxy) is 2. The molecule has 3 rings (SSSR count). The SMILES string of the molecule is C[C@H](CO)N1C[C@H](C)[C@@H](CN(C)C(=O)CCCN(C)C)OCCCC[C@H](C)Oc2ccc(NC(=O)c3ccccc3)cc2C1=O. The van der Waals surface area contributed by atoms with Crippen LogP contribution in [0.25, 0.3) is 0 Å². The molecule has 10 heteroatoms. The normalized spacial score (nSPS) is 20.5. The van der Waals surface area contributed by atoms with Crippen molar-refractivity contribution in [3.8, 4) is 5.75 Å². The summed E-state index contributed by atoms with van der Waals surface area (Å²) in [6.07, 6.45) is 3.26. The van der Waals surface area contributed by atoms with Gasteiger partial charge in [0.25, 0.3) is 11.8 Å². The van der Waals surface area contributed by atoms with Crippen LogP contribution in [0.4, 0.5) is 5.69 Å². The first kappa shape index (κ1) is 36.0. The molecule has 0 unspecified atom stereocenters. The highest BCUT2D eigenvalue weighted by Gasteiger charge is 2.31. The lowest BCUT2D eigenvalue weighted by Gasteiger charge is -2.36. The molecule has 4 atom stereocenters. The highest BCUT2D eigenvalue weighted by atomic mass is 16.5. The fourth-order valence-electron chi connectivity index (χ4n) is 5.36. The summed E-state index contributed by atoms with van der Waals surface area (Å²) in [6.45, 7) is 7.64. The number of hydrogen-bond donors (Lipinski definition) is 2. The molecular formula is C35H52N4O6. The minimum Gasteiger partial charge on any atom is -0.490 e. The van der Waals surface area contributed by atoms with Crippen molar-refractivity contribution < 1.29 is 29.0 Å². The number of aliphatic hydroxyl groups is 1. The van der Waals surface area contributed by atoms with Gasteiger partial charge in [0, 0.05) is 50.3 Å². The van der Waals surface area contributed by atoms with Gasteiger partial charge in [0.15, 0.2) is 0 Å². The summed E-state index contributed by atoms with van der Waals surface area (Å²) in [5.41, 5.74) is 1.28. The Balaban J connectivity index is 1.89. The van der Waals surface area contributed by atoms with E-state index in [1.165, 1.54) is 0 Å². The largest absolute Gasteiger partial charge is 0.490 e. The molecule has 2 aromatic carbocycles. The van der Waals surface area contributed by atoms with Crippen LogP contribution in [0.2, 0.25) is 0 Å². The summed E-state index contributed by atoms with van der Waals surface area (Å²) < 4.78 is 12.7. The number of anilines is 1. The topological polar surface area (TPSA) is 112 Å². The molecule has 1 aliphatic rings. The number of hydrogen-bond acceptors (Lipinski definition) is 7. The minimum absolute atomic E-state index is 0.0636. The zero-order chi connectivity index (χ0) is 32.9. The number of nitrogens with zero attached hydrogens (tertiary/aromatic N) is 3. The Hall–Kier alpha value is -3.47. The van der Waals surface area contributed by atoms with Crippen molar-refractivity contribution in [3.05, 3.63) is 59.7 Å². The Kier molecular flexibility index (Phi) is 14.3. The summed E-state index contributed by atoms with van der Waals surface area (Å²) >= 11 is 0. The second-order valence-corrected chi connectivity index (χ2v) is 12.5. The van der Waals surface area contributed by atoms with Crippen molar-refractivity contribution in [2.45, 2.75) is 71.1 Å². The average molecular weight is 625 g/mol. The van der Waals surface area contributed by atoms with Crippen molar-refractivity contribution in [1.82, 2.24) is 14.7 Å². The van der Waals surface area contributed by atoms with E-state index in [4.69, 9.17) is 9.47 Å². The third-order valence-corrected chi connectivity index (χ3v) is 8.22. The number of rotatable bonds is 10. The average Bonchev–Trinajstić information content (AvgIpc) is 3.02. The molecule has 1 heterocycles. The number of amides is 3. The van der Waals surface area contributed by atoms with Gasteiger partial charge in [0.2, 0.25) is 5.91 Å². The van der Waals surface area contributed by atoms with Gasteiger partial charge < -0.3 is 34.6 Å². The van der Waals surface area contributed by atoms with Crippen LogP contribution in [0.15, 0.2) is 48.5 Å². The molecule has 0 radical (unpaired) electrons. The number of nitrogens with one attached hydrogen (secondary N) is 1. The molecule has 248 valence electrons. The second-order valence-electron chi connectivity index (χ2n) is 12.5. The van der Waals surface area contributed by atoms with Crippen molar-refractivity contribution >= 4 is 23.4 Å². The Morgan fingerprint density at radius 2 is 1.82 bits per heavy atom. The molecule has 2 N–H and O–H groups in total. The fraction of sp³-hybridized carbons (Fsp3) is 0.571. The second kappa shape index (κ2) is 17.9. The van der Waals surface area contributed by atoms with Crippen LogP contribution in [0.5, 0.6) is 5.75 Å². The van der Waals surface area contributed by atoms with Gasteiger partial charge in [-0.3, -0.25) is 14.4 Å². The van der Waals surface area contributed by atoms with E-state index in [1.807, 2.05) is 34.0 Å². The zero-order valence-corrected chi connectivity index (χ0v) is 27.8. The van der Waals surface area contributed by atoms with Gasteiger partial charge in [0.1, 0.15) is 5.75 Å². The van der Waals surface area contributed by atoms with Gasteiger partial charge in [-0.25, -0.2) is 0 Å². The number of likely N-dealkylation sites (N-methyl/N-ethyl adjacent to an activating group) is 1. The van der Waals surface area contributed by atoms with Crippen LogP contribution < -0.4 is 10.1 Å². The fourth-order valence-corrected chi connectivity index (χ4v) is 5.36. The van der Waals surface area contributed by atoms with Gasteiger partial charge >= 0.3 is 0 Å². The van der Waals surface area contributed by atoms with Crippen molar-refractivity contribution in [1.29, 1.82) is 0 Å². The van der Waals surface area contributed by atoms with Gasteiger partial charge in [-0.1, -0.05) is 25.1 Å². The zero-order valence-electron chi connectivity index (χ0n) is 27.8. The number of aliphatic hydroxyl groups excluding tert-OH is 1. The molecule has 1 aliphatic heterocycles. The lowest BCUT2D eigenvalue weighted by molar-refractivity contribution is -0.132. The first-order valence-electron chi connectivity index (χ1n) is 16.1. The molecule has 0 saturated heterocycles. The van der Waals surface area contributed by atoms with Gasteiger partial charge in [-0.15, -0.1) is 0 Å². The number of benzene rings is 2.